The summed E-state index contributed by atoms with van der Waals surface area (Å²) in [7, 11) is 0. The molecule has 280 valence electrons. The zero-order valence-corrected chi connectivity index (χ0v) is 29.0. The van der Waals surface area contributed by atoms with Crippen LogP contribution in [0.2, 0.25) is 0 Å². The van der Waals surface area contributed by atoms with Gasteiger partial charge in [-0.2, -0.15) is 0 Å². The highest BCUT2D eigenvalue weighted by Crippen LogP contribution is 2.14. The van der Waals surface area contributed by atoms with Crippen molar-refractivity contribution < 1.29 is 44.1 Å². The van der Waals surface area contributed by atoms with Gasteiger partial charge in [0.15, 0.2) is 0 Å². The van der Waals surface area contributed by atoms with Crippen LogP contribution in [0, 0.1) is 0 Å². The Bertz CT molecular complexity index is 1450. The number of primary amides is 1. The van der Waals surface area contributed by atoms with Crippen LogP contribution >= 0.6 is 0 Å². The Morgan fingerprint density at radius 3 is 1.49 bits per heavy atom. The van der Waals surface area contributed by atoms with Crippen LogP contribution in [0.25, 0.3) is 0 Å². The van der Waals surface area contributed by atoms with E-state index in [2.05, 4.69) is 26.6 Å². The van der Waals surface area contributed by atoms with Crippen molar-refractivity contribution in [2.45, 2.75) is 95.4 Å². The largest absolute Gasteiger partial charge is 0.508 e. The lowest BCUT2D eigenvalue weighted by Gasteiger charge is -2.27. The molecule has 0 radical (unpaired) electrons. The van der Waals surface area contributed by atoms with E-state index >= 15 is 0 Å². The van der Waals surface area contributed by atoms with Crippen molar-refractivity contribution in [3.8, 4) is 11.5 Å². The van der Waals surface area contributed by atoms with E-state index in [0.29, 0.717) is 43.4 Å². The monoisotopic (exact) mass is 713 g/mol. The van der Waals surface area contributed by atoms with Crippen molar-refractivity contribution in [2.24, 2.45) is 11.5 Å². The van der Waals surface area contributed by atoms with E-state index in [4.69, 9.17) is 11.5 Å². The number of phenols is 2. The van der Waals surface area contributed by atoms with Crippen molar-refractivity contribution in [3.05, 3.63) is 59.7 Å². The molecule has 16 nitrogen and oxygen atoms in total. The molecule has 51 heavy (non-hydrogen) atoms. The number of carbonyl (C=O) groups excluding carboxylic acids is 6. The Balaban J connectivity index is 2.27. The molecular formula is C35H51N7O9. The van der Waals surface area contributed by atoms with Gasteiger partial charge in [0.05, 0.1) is 6.61 Å². The molecule has 2 aromatic carbocycles. The highest BCUT2D eigenvalue weighted by Gasteiger charge is 2.32. The van der Waals surface area contributed by atoms with Gasteiger partial charge in [-0.25, -0.2) is 0 Å². The molecule has 6 amide bonds. The molecule has 0 aliphatic heterocycles. The summed E-state index contributed by atoms with van der Waals surface area (Å²) in [5, 5.41) is 42.1. The highest BCUT2D eigenvalue weighted by molar-refractivity contribution is 5.96. The van der Waals surface area contributed by atoms with Gasteiger partial charge in [-0.05, 0) is 67.6 Å². The molecule has 5 atom stereocenters. The fourth-order valence-electron chi connectivity index (χ4n) is 5.13. The minimum absolute atomic E-state index is 0.00399. The first-order valence-corrected chi connectivity index (χ1v) is 16.9. The molecule has 2 rings (SSSR count). The Hall–Kier alpha value is -5.22. The molecule has 0 saturated heterocycles. The van der Waals surface area contributed by atoms with Gasteiger partial charge >= 0.3 is 0 Å². The number of rotatable bonds is 22. The lowest BCUT2D eigenvalue weighted by molar-refractivity contribution is -0.135. The van der Waals surface area contributed by atoms with Crippen molar-refractivity contribution >= 4 is 35.4 Å². The number of aliphatic hydroxyl groups excluding tert-OH is 1. The summed E-state index contributed by atoms with van der Waals surface area (Å²) in [6.07, 6.45) is 2.65. The van der Waals surface area contributed by atoms with E-state index in [1.54, 1.807) is 24.3 Å². The summed E-state index contributed by atoms with van der Waals surface area (Å²) in [6, 6.07) is 5.75. The van der Waals surface area contributed by atoms with E-state index in [9.17, 15) is 44.1 Å². The van der Waals surface area contributed by atoms with Gasteiger partial charge in [-0.15, -0.1) is 0 Å². The molecule has 0 fully saturated rings. The minimum atomic E-state index is -1.53. The van der Waals surface area contributed by atoms with Gasteiger partial charge in [-0.1, -0.05) is 44.0 Å². The van der Waals surface area contributed by atoms with Crippen LogP contribution in [0.1, 0.15) is 63.5 Å². The quantitative estimate of drug-likeness (QED) is 0.0673. The number of nitrogens with one attached hydrogen (secondary N) is 5. The fraction of sp³-hybridized carbons (Fsp3) is 0.486. The second-order valence-corrected chi connectivity index (χ2v) is 12.3. The van der Waals surface area contributed by atoms with Crippen LogP contribution in [-0.2, 0) is 41.6 Å². The van der Waals surface area contributed by atoms with Crippen LogP contribution in [0.4, 0.5) is 0 Å². The second-order valence-electron chi connectivity index (χ2n) is 12.3. The molecular weight excluding hydrogens is 662 g/mol. The third-order valence-electron chi connectivity index (χ3n) is 7.98. The highest BCUT2D eigenvalue weighted by atomic mass is 16.3. The van der Waals surface area contributed by atoms with Gasteiger partial charge in [-0.3, -0.25) is 28.8 Å². The Labute approximate surface area is 297 Å². The average Bonchev–Trinajstić information content (AvgIpc) is 3.09. The first kappa shape index (κ1) is 41.9. The molecule has 2 aromatic rings. The van der Waals surface area contributed by atoms with Crippen LogP contribution in [0.3, 0.4) is 0 Å². The molecule has 1 unspecified atom stereocenters. The van der Waals surface area contributed by atoms with Gasteiger partial charge in [0.25, 0.3) is 0 Å². The molecule has 12 N–H and O–H groups in total. The number of amides is 6. The molecule has 0 aliphatic rings. The maximum absolute atomic E-state index is 13.8. The third-order valence-corrected chi connectivity index (χ3v) is 7.98. The smallest absolute Gasteiger partial charge is 0.245 e. The summed E-state index contributed by atoms with van der Waals surface area (Å²) in [4.78, 5) is 77.8. The van der Waals surface area contributed by atoms with Crippen molar-refractivity contribution in [1.29, 1.82) is 0 Å². The number of phenolic OH excluding ortho intramolecular Hbond substituents is 2. The maximum Gasteiger partial charge on any atom is 0.245 e. The number of hydrogen-bond donors (Lipinski definition) is 10. The first-order chi connectivity index (χ1) is 24.3. The van der Waals surface area contributed by atoms with Crippen molar-refractivity contribution in [2.75, 3.05) is 13.2 Å². The number of nitrogens with two attached hydrogens (primary N) is 2. The molecule has 0 spiro atoms. The minimum Gasteiger partial charge on any atom is -0.508 e. The maximum atomic E-state index is 13.8. The number of unbranched alkanes of at least 4 members (excludes halogenated alkanes) is 2. The lowest BCUT2D eigenvalue weighted by Crippen LogP contribution is -2.60. The van der Waals surface area contributed by atoms with Gasteiger partial charge in [0.1, 0.15) is 41.7 Å². The standard InChI is InChI=1S/C35H51N7O9/c1-3-4-7-26(38-21(2)44)32(48)41-29(19-23-11-15-25(46)16-12-23)34(50)39-27(8-5-6-17-36)33(49)42-30(20-43)35(51)40-28(31(37)47)18-22-9-13-24(45)14-10-22/h9-16,26-30,43,45-46H,3-8,17-20,36H2,1-2H3,(H2,37,47)(H,38,44)(H,39,50)(H,40,51)(H,41,48)(H,42,49)/t26-,27+,28?,29+,30+/m0/s1. The number of aliphatic hydroxyl groups is 1. The van der Waals surface area contributed by atoms with Crippen molar-refractivity contribution in [1.82, 2.24) is 26.6 Å². The zero-order chi connectivity index (χ0) is 37.9. The van der Waals surface area contributed by atoms with Crippen LogP contribution in [0.5, 0.6) is 11.5 Å². The van der Waals surface area contributed by atoms with E-state index in [1.165, 1.54) is 31.2 Å². The number of carbonyl (C=O) groups is 6. The summed E-state index contributed by atoms with van der Waals surface area (Å²) >= 11 is 0. The summed E-state index contributed by atoms with van der Waals surface area (Å²) in [6.45, 7) is 2.66. The Kier molecular flexibility index (Phi) is 17.9. The summed E-state index contributed by atoms with van der Waals surface area (Å²) < 4.78 is 0. The molecule has 0 bridgehead atoms. The Morgan fingerprint density at radius 2 is 1.02 bits per heavy atom. The zero-order valence-electron chi connectivity index (χ0n) is 29.0. The number of hydrogen-bond acceptors (Lipinski definition) is 10. The van der Waals surface area contributed by atoms with E-state index in [-0.39, 0.29) is 30.8 Å². The molecule has 0 aromatic heterocycles. The lowest BCUT2D eigenvalue weighted by atomic mass is 10.0. The van der Waals surface area contributed by atoms with Gasteiger partial charge < -0.3 is 53.4 Å². The number of aromatic hydroxyl groups is 2. The van der Waals surface area contributed by atoms with E-state index in [1.807, 2.05) is 6.92 Å². The van der Waals surface area contributed by atoms with Crippen LogP contribution < -0.4 is 38.1 Å². The number of benzene rings is 2. The second kappa shape index (κ2) is 21.8. The Morgan fingerprint density at radius 1 is 0.608 bits per heavy atom. The summed E-state index contributed by atoms with van der Waals surface area (Å²) in [5.74, 6) is -4.37. The predicted molar refractivity (Wildman–Crippen MR) is 188 cm³/mol. The molecule has 16 heteroatoms. The summed E-state index contributed by atoms with van der Waals surface area (Å²) in [5.41, 5.74) is 12.3. The molecule has 0 heterocycles. The van der Waals surface area contributed by atoms with Gasteiger partial charge in [0, 0.05) is 19.8 Å². The SMILES string of the molecule is CCCC[C@H](NC(C)=O)C(=O)N[C@H](Cc1ccc(O)cc1)C(=O)N[C@H](CCCCN)C(=O)N[C@H](CO)C(=O)NC(Cc1ccc(O)cc1)C(N)=O. The predicted octanol–water partition coefficient (Wildman–Crippen LogP) is -0.876. The van der Waals surface area contributed by atoms with Crippen molar-refractivity contribution in [3.63, 3.8) is 0 Å². The van der Waals surface area contributed by atoms with Gasteiger partial charge in [0.2, 0.25) is 35.4 Å². The van der Waals surface area contributed by atoms with Crippen LogP contribution in [-0.4, -0.2) is 94.1 Å². The van der Waals surface area contributed by atoms with E-state index in [0.717, 1.165) is 6.42 Å². The average molecular weight is 714 g/mol. The van der Waals surface area contributed by atoms with Crippen LogP contribution in [0.15, 0.2) is 48.5 Å². The van der Waals surface area contributed by atoms with E-state index < -0.39 is 72.3 Å². The topological polar surface area (TPSA) is 275 Å². The normalized spacial score (nSPS) is 13.8. The molecule has 0 aliphatic carbocycles. The first-order valence-electron chi connectivity index (χ1n) is 16.9. The third kappa shape index (κ3) is 15.1. The molecule has 0 saturated carbocycles. The fourth-order valence-corrected chi connectivity index (χ4v) is 5.13.